The number of likely N-dealkylation sites (N-methyl/N-ethyl adjacent to an activating group) is 1. The molecule has 0 radical (unpaired) electrons. The van der Waals surface area contributed by atoms with Crippen LogP contribution >= 0.6 is 0 Å². The summed E-state index contributed by atoms with van der Waals surface area (Å²) in [5.41, 5.74) is 0.909. The number of aromatic nitrogens is 1. The summed E-state index contributed by atoms with van der Waals surface area (Å²) < 4.78 is 0. The molecule has 1 aliphatic heterocycles. The van der Waals surface area contributed by atoms with Crippen molar-refractivity contribution in [2.45, 2.75) is 19.9 Å². The molecule has 0 aliphatic carbocycles. The molecule has 1 N–H and O–H groups in total. The number of piperazine rings is 1. The van der Waals surface area contributed by atoms with Gasteiger partial charge in [-0.15, -0.1) is 0 Å². The number of nitrogens with one attached hydrogen (secondary N) is 1. The molecular formula is C14H22N4O. The Morgan fingerprint density at radius 2 is 2.00 bits per heavy atom. The smallest absolute Gasteiger partial charge is 0.217 e. The summed E-state index contributed by atoms with van der Waals surface area (Å²) in [6.07, 6.45) is 0. The summed E-state index contributed by atoms with van der Waals surface area (Å²) in [5, 5.41) is 2.87. The molecule has 1 aromatic rings. The first-order valence-corrected chi connectivity index (χ1v) is 6.74. The van der Waals surface area contributed by atoms with Crippen molar-refractivity contribution < 1.29 is 4.79 Å². The lowest BCUT2D eigenvalue weighted by Gasteiger charge is -2.33. The van der Waals surface area contributed by atoms with Crippen LogP contribution in [-0.2, 0) is 4.79 Å². The molecule has 19 heavy (non-hydrogen) atoms. The van der Waals surface area contributed by atoms with Gasteiger partial charge in [0.2, 0.25) is 5.91 Å². The second-order valence-electron chi connectivity index (χ2n) is 5.13. The Labute approximate surface area is 114 Å². The van der Waals surface area contributed by atoms with Crippen molar-refractivity contribution in [1.29, 1.82) is 0 Å². The topological polar surface area (TPSA) is 48.5 Å². The Hall–Kier alpha value is -1.62. The van der Waals surface area contributed by atoms with E-state index in [-0.39, 0.29) is 11.9 Å². The van der Waals surface area contributed by atoms with E-state index in [4.69, 9.17) is 0 Å². The lowest BCUT2D eigenvalue weighted by molar-refractivity contribution is -0.119. The fraction of sp³-hybridized carbons (Fsp3) is 0.571. The predicted octanol–water partition coefficient (Wildman–Crippen LogP) is 1.03. The molecule has 104 valence electrons. The zero-order valence-electron chi connectivity index (χ0n) is 11.9. The van der Waals surface area contributed by atoms with Crippen molar-refractivity contribution in [1.82, 2.24) is 15.2 Å². The predicted molar refractivity (Wildman–Crippen MR) is 76.2 cm³/mol. The fourth-order valence-corrected chi connectivity index (χ4v) is 2.27. The lowest BCUT2D eigenvalue weighted by Crippen LogP contribution is -2.44. The number of anilines is 1. The van der Waals surface area contributed by atoms with Crippen molar-refractivity contribution >= 4 is 11.7 Å². The molecule has 5 heteroatoms. The number of hydrogen-bond acceptors (Lipinski definition) is 4. The van der Waals surface area contributed by atoms with E-state index in [0.29, 0.717) is 0 Å². The van der Waals surface area contributed by atoms with E-state index in [1.165, 1.54) is 6.92 Å². The van der Waals surface area contributed by atoms with Crippen LogP contribution in [-0.4, -0.2) is 49.0 Å². The van der Waals surface area contributed by atoms with Gasteiger partial charge in [0.05, 0.1) is 11.7 Å². The number of carbonyl (C=O) groups is 1. The van der Waals surface area contributed by atoms with E-state index >= 15 is 0 Å². The molecular weight excluding hydrogens is 240 g/mol. The van der Waals surface area contributed by atoms with E-state index in [1.54, 1.807) is 0 Å². The van der Waals surface area contributed by atoms with Crippen LogP contribution in [0.25, 0.3) is 0 Å². The van der Waals surface area contributed by atoms with E-state index < -0.39 is 0 Å². The normalized spacial score (nSPS) is 18.2. The standard InChI is InChI=1S/C14H22N4O/c1-11(15-12(2)19)13-5-4-6-14(16-13)18-9-7-17(3)8-10-18/h4-6,11H,7-10H2,1-3H3,(H,15,19)/t11-/m0/s1. The van der Waals surface area contributed by atoms with Crippen LogP contribution in [0.5, 0.6) is 0 Å². The first-order valence-electron chi connectivity index (χ1n) is 6.74. The Balaban J connectivity index is 2.08. The van der Waals surface area contributed by atoms with Crippen LogP contribution in [0.4, 0.5) is 5.82 Å². The zero-order valence-corrected chi connectivity index (χ0v) is 11.9. The van der Waals surface area contributed by atoms with E-state index in [0.717, 1.165) is 37.7 Å². The van der Waals surface area contributed by atoms with Crippen molar-refractivity contribution in [3.8, 4) is 0 Å². The molecule has 1 atom stereocenters. The summed E-state index contributed by atoms with van der Waals surface area (Å²) in [6.45, 7) is 7.61. The lowest BCUT2D eigenvalue weighted by atomic mass is 10.2. The fourth-order valence-electron chi connectivity index (χ4n) is 2.27. The molecule has 0 bridgehead atoms. The van der Waals surface area contributed by atoms with Crippen molar-refractivity contribution in [3.63, 3.8) is 0 Å². The Morgan fingerprint density at radius 3 is 2.63 bits per heavy atom. The van der Waals surface area contributed by atoms with Gasteiger partial charge >= 0.3 is 0 Å². The molecule has 0 aromatic carbocycles. The first-order chi connectivity index (χ1) is 9.06. The number of pyridine rings is 1. The number of carbonyl (C=O) groups excluding carboxylic acids is 1. The Bertz CT molecular complexity index is 441. The van der Waals surface area contributed by atoms with Gasteiger partial charge < -0.3 is 15.1 Å². The van der Waals surface area contributed by atoms with Crippen molar-refractivity contribution in [2.24, 2.45) is 0 Å². The van der Waals surface area contributed by atoms with Gasteiger partial charge in [-0.1, -0.05) is 6.07 Å². The number of hydrogen-bond donors (Lipinski definition) is 1. The highest BCUT2D eigenvalue weighted by Gasteiger charge is 2.16. The summed E-state index contributed by atoms with van der Waals surface area (Å²) in [4.78, 5) is 20.4. The van der Waals surface area contributed by atoms with E-state index in [2.05, 4.69) is 27.1 Å². The quantitative estimate of drug-likeness (QED) is 0.884. The molecule has 0 spiro atoms. The minimum Gasteiger partial charge on any atom is -0.354 e. The summed E-state index contributed by atoms with van der Waals surface area (Å²) in [6, 6.07) is 5.95. The SMILES string of the molecule is CC(=O)N[C@@H](C)c1cccc(N2CCN(C)CC2)n1. The molecule has 1 aromatic heterocycles. The molecule has 1 saturated heterocycles. The van der Waals surface area contributed by atoms with Crippen LogP contribution < -0.4 is 10.2 Å². The number of rotatable bonds is 3. The molecule has 1 fully saturated rings. The molecule has 5 nitrogen and oxygen atoms in total. The molecule has 2 heterocycles. The third-order valence-electron chi connectivity index (χ3n) is 3.45. The van der Waals surface area contributed by atoms with Gasteiger partial charge in [-0.05, 0) is 26.1 Å². The van der Waals surface area contributed by atoms with Gasteiger partial charge in [-0.25, -0.2) is 4.98 Å². The minimum atomic E-state index is -0.0510. The van der Waals surface area contributed by atoms with E-state index in [9.17, 15) is 4.79 Å². The maximum absolute atomic E-state index is 11.1. The molecule has 2 rings (SSSR count). The number of nitrogens with zero attached hydrogens (tertiary/aromatic N) is 3. The average molecular weight is 262 g/mol. The zero-order chi connectivity index (χ0) is 13.8. The highest BCUT2D eigenvalue weighted by atomic mass is 16.1. The molecule has 1 aliphatic rings. The molecule has 0 saturated carbocycles. The minimum absolute atomic E-state index is 0.0284. The van der Waals surface area contributed by atoms with Gasteiger partial charge in [-0.3, -0.25) is 4.79 Å². The largest absolute Gasteiger partial charge is 0.354 e. The second kappa shape index (κ2) is 6.02. The highest BCUT2D eigenvalue weighted by molar-refractivity contribution is 5.73. The van der Waals surface area contributed by atoms with Crippen LogP contribution in [0.2, 0.25) is 0 Å². The monoisotopic (exact) mass is 262 g/mol. The van der Waals surface area contributed by atoms with Crippen molar-refractivity contribution in [3.05, 3.63) is 23.9 Å². The van der Waals surface area contributed by atoms with E-state index in [1.807, 2.05) is 25.1 Å². The highest BCUT2D eigenvalue weighted by Crippen LogP contribution is 2.17. The molecule has 0 unspecified atom stereocenters. The summed E-state index contributed by atoms with van der Waals surface area (Å²) in [7, 11) is 2.14. The second-order valence-corrected chi connectivity index (χ2v) is 5.13. The summed E-state index contributed by atoms with van der Waals surface area (Å²) in [5.74, 6) is 0.974. The van der Waals surface area contributed by atoms with Gasteiger partial charge in [0.1, 0.15) is 5.82 Å². The van der Waals surface area contributed by atoms with Gasteiger partial charge in [-0.2, -0.15) is 0 Å². The Kier molecular flexibility index (Phi) is 4.37. The van der Waals surface area contributed by atoms with Gasteiger partial charge in [0, 0.05) is 33.1 Å². The van der Waals surface area contributed by atoms with Crippen LogP contribution in [0.1, 0.15) is 25.6 Å². The van der Waals surface area contributed by atoms with Gasteiger partial charge in [0.15, 0.2) is 0 Å². The third kappa shape index (κ3) is 3.67. The summed E-state index contributed by atoms with van der Waals surface area (Å²) >= 11 is 0. The average Bonchev–Trinajstić information content (AvgIpc) is 2.39. The molecule has 1 amide bonds. The maximum atomic E-state index is 11.1. The third-order valence-corrected chi connectivity index (χ3v) is 3.45. The van der Waals surface area contributed by atoms with Gasteiger partial charge in [0.25, 0.3) is 0 Å². The van der Waals surface area contributed by atoms with Crippen LogP contribution in [0, 0.1) is 0 Å². The maximum Gasteiger partial charge on any atom is 0.217 e. The van der Waals surface area contributed by atoms with Crippen molar-refractivity contribution in [2.75, 3.05) is 38.1 Å². The number of amides is 1. The Morgan fingerprint density at radius 1 is 1.32 bits per heavy atom. The first kappa shape index (κ1) is 13.8. The van der Waals surface area contributed by atoms with Crippen LogP contribution in [0.3, 0.4) is 0 Å². The van der Waals surface area contributed by atoms with Crippen LogP contribution in [0.15, 0.2) is 18.2 Å².